The fraction of sp³-hybridized carbons (Fsp3) is 0.438. The largest absolute Gasteiger partial charge is 0.378 e. The van der Waals surface area contributed by atoms with Gasteiger partial charge in [0.1, 0.15) is 0 Å². The highest BCUT2D eigenvalue weighted by Gasteiger charge is 2.42. The zero-order valence-electron chi connectivity index (χ0n) is 22.3. The molecule has 3 fully saturated rings. The lowest BCUT2D eigenvalue weighted by molar-refractivity contribution is -0.0660. The number of ether oxygens (including phenoxy) is 1. The second-order valence-corrected chi connectivity index (χ2v) is 11.8. The number of nitriles is 1. The molecule has 2 saturated heterocycles. The van der Waals surface area contributed by atoms with Gasteiger partial charge in [-0.25, -0.2) is 0 Å². The van der Waals surface area contributed by atoms with Crippen molar-refractivity contribution < 1.29 is 9.53 Å². The average molecular weight is 505 g/mol. The Morgan fingerprint density at radius 1 is 1.05 bits per heavy atom. The van der Waals surface area contributed by atoms with E-state index in [1.54, 1.807) is 0 Å². The minimum Gasteiger partial charge on any atom is -0.378 e. The minimum atomic E-state index is -0.387. The molecule has 1 saturated carbocycles. The molecule has 1 aromatic heterocycles. The Morgan fingerprint density at radius 3 is 2.47 bits per heavy atom. The van der Waals surface area contributed by atoms with Gasteiger partial charge in [-0.2, -0.15) is 5.26 Å². The summed E-state index contributed by atoms with van der Waals surface area (Å²) in [5.41, 5.74) is 6.84. The van der Waals surface area contributed by atoms with E-state index >= 15 is 0 Å². The van der Waals surface area contributed by atoms with E-state index in [0.29, 0.717) is 17.5 Å². The summed E-state index contributed by atoms with van der Waals surface area (Å²) in [6.07, 6.45) is 2.34. The summed E-state index contributed by atoms with van der Waals surface area (Å²) in [5.74, 6) is 7.49. The van der Waals surface area contributed by atoms with Gasteiger partial charge in [-0.1, -0.05) is 31.8 Å². The monoisotopic (exact) mass is 504 g/mol. The van der Waals surface area contributed by atoms with E-state index < -0.39 is 0 Å². The van der Waals surface area contributed by atoms with E-state index in [2.05, 4.69) is 58.3 Å². The maximum Gasteiger partial charge on any atom is 0.195 e. The van der Waals surface area contributed by atoms with Gasteiger partial charge < -0.3 is 14.2 Å². The van der Waals surface area contributed by atoms with Crippen LogP contribution in [0.1, 0.15) is 65.0 Å². The zero-order chi connectivity index (χ0) is 26.2. The van der Waals surface area contributed by atoms with Crippen LogP contribution in [0.5, 0.6) is 0 Å². The van der Waals surface area contributed by atoms with E-state index in [1.165, 1.54) is 12.8 Å². The first-order valence-electron chi connectivity index (χ1n) is 13.7. The summed E-state index contributed by atoms with van der Waals surface area (Å²) >= 11 is 0. The molecule has 3 aromatic rings. The first-order chi connectivity index (χ1) is 18.4. The van der Waals surface area contributed by atoms with Crippen LogP contribution in [0.25, 0.3) is 10.9 Å². The van der Waals surface area contributed by atoms with E-state index in [-0.39, 0.29) is 11.2 Å². The molecule has 192 valence electrons. The van der Waals surface area contributed by atoms with Crippen molar-refractivity contribution in [3.8, 4) is 17.9 Å². The molecule has 2 aliphatic heterocycles. The molecular formula is C32H32N4O2. The molecule has 0 spiro atoms. The average Bonchev–Trinajstić information content (AvgIpc) is 3.67. The maximum atomic E-state index is 14.2. The van der Waals surface area contributed by atoms with Crippen LogP contribution in [0.4, 0.5) is 5.69 Å². The normalized spacial score (nSPS) is 20.8. The van der Waals surface area contributed by atoms with Crippen molar-refractivity contribution in [1.29, 1.82) is 5.26 Å². The van der Waals surface area contributed by atoms with Crippen molar-refractivity contribution in [2.45, 2.75) is 38.1 Å². The van der Waals surface area contributed by atoms with Crippen LogP contribution in [0.2, 0.25) is 0 Å². The lowest BCUT2D eigenvalue weighted by atomic mass is 9.70. The second kappa shape index (κ2) is 8.46. The Labute approximate surface area is 223 Å². The molecule has 6 nitrogen and oxygen atoms in total. The van der Waals surface area contributed by atoms with Crippen LogP contribution in [0.3, 0.4) is 0 Å². The van der Waals surface area contributed by atoms with Crippen molar-refractivity contribution in [1.82, 2.24) is 9.47 Å². The third-order valence-corrected chi connectivity index (χ3v) is 8.98. The van der Waals surface area contributed by atoms with Gasteiger partial charge in [0, 0.05) is 66.8 Å². The molecular weight excluding hydrogens is 472 g/mol. The standard InChI is InChI=1S/C32H32N4O2/c1-32(2)26-16-27(36-12-10-35(11-13-36)23-18-38-19-23)22(8-6-20-4-5-20)15-25(26)30(37)29-24-9-7-21(17-33)14-28(24)34(3)31(29)32/h7,9,14-16,20,23H,4-5,10-13,18-19H2,1-3H3. The first kappa shape index (κ1) is 23.5. The quantitative estimate of drug-likeness (QED) is 0.490. The summed E-state index contributed by atoms with van der Waals surface area (Å²) in [5, 5.41) is 10.4. The fourth-order valence-corrected chi connectivity index (χ4v) is 6.55. The predicted octanol–water partition coefficient (Wildman–Crippen LogP) is 4.20. The number of ketones is 1. The highest BCUT2D eigenvalue weighted by atomic mass is 16.5. The van der Waals surface area contributed by atoms with Crippen molar-refractivity contribution in [3.05, 3.63) is 63.8 Å². The van der Waals surface area contributed by atoms with Gasteiger partial charge >= 0.3 is 0 Å². The van der Waals surface area contributed by atoms with Crippen molar-refractivity contribution in [3.63, 3.8) is 0 Å². The van der Waals surface area contributed by atoms with Crippen molar-refractivity contribution in [2.75, 3.05) is 44.3 Å². The van der Waals surface area contributed by atoms with Gasteiger partial charge in [0.05, 0.1) is 47.7 Å². The van der Waals surface area contributed by atoms with Gasteiger partial charge in [-0.3, -0.25) is 9.69 Å². The zero-order valence-corrected chi connectivity index (χ0v) is 22.3. The van der Waals surface area contributed by atoms with Gasteiger partial charge in [-0.15, -0.1) is 0 Å². The lowest BCUT2D eigenvalue weighted by Gasteiger charge is -2.44. The summed E-state index contributed by atoms with van der Waals surface area (Å²) in [4.78, 5) is 19.2. The number of aromatic nitrogens is 1. The van der Waals surface area contributed by atoms with E-state index in [1.807, 2.05) is 25.2 Å². The van der Waals surface area contributed by atoms with Crippen LogP contribution in [-0.2, 0) is 17.2 Å². The maximum absolute atomic E-state index is 14.2. The fourth-order valence-electron chi connectivity index (χ4n) is 6.55. The van der Waals surface area contributed by atoms with Crippen LogP contribution < -0.4 is 4.90 Å². The highest BCUT2D eigenvalue weighted by molar-refractivity contribution is 6.20. The Bertz CT molecular complexity index is 1600. The molecule has 2 aromatic carbocycles. The molecule has 3 heterocycles. The number of hydrogen-bond acceptors (Lipinski definition) is 5. The van der Waals surface area contributed by atoms with Gasteiger partial charge in [0.25, 0.3) is 0 Å². The molecule has 4 aliphatic rings. The minimum absolute atomic E-state index is 0.0560. The third kappa shape index (κ3) is 3.52. The lowest BCUT2D eigenvalue weighted by Crippen LogP contribution is -2.56. The number of piperazine rings is 1. The number of hydrogen-bond donors (Lipinski definition) is 0. The SMILES string of the molecule is Cn1c2c(c3ccc(C#N)cc31)C(=O)c1cc(C#CC3CC3)c(N3CCN(C4COC4)CC3)cc1C2(C)C. The summed E-state index contributed by atoms with van der Waals surface area (Å²) in [6, 6.07) is 12.8. The molecule has 0 unspecified atom stereocenters. The Balaban J connectivity index is 1.36. The first-order valence-corrected chi connectivity index (χ1v) is 13.7. The number of aryl methyl sites for hydroxylation is 1. The highest BCUT2D eigenvalue weighted by Crippen LogP contribution is 2.47. The van der Waals surface area contributed by atoms with Crippen LogP contribution >= 0.6 is 0 Å². The molecule has 0 amide bonds. The Morgan fingerprint density at radius 2 is 1.82 bits per heavy atom. The van der Waals surface area contributed by atoms with E-state index in [9.17, 15) is 10.1 Å². The van der Waals surface area contributed by atoms with Crippen molar-refractivity contribution in [2.24, 2.45) is 13.0 Å². The molecule has 0 radical (unpaired) electrons. The van der Waals surface area contributed by atoms with Crippen LogP contribution in [0, 0.1) is 29.1 Å². The molecule has 2 aliphatic carbocycles. The number of nitrogens with zero attached hydrogens (tertiary/aromatic N) is 4. The topological polar surface area (TPSA) is 61.5 Å². The molecule has 0 atom stereocenters. The molecule has 0 N–H and O–H groups in total. The predicted molar refractivity (Wildman–Crippen MR) is 148 cm³/mol. The number of carbonyl (C=O) groups excluding carboxylic acids is 1. The van der Waals surface area contributed by atoms with E-state index in [0.717, 1.165) is 83.9 Å². The number of benzene rings is 2. The molecule has 38 heavy (non-hydrogen) atoms. The van der Waals surface area contributed by atoms with Gasteiger partial charge in [0.15, 0.2) is 5.78 Å². The van der Waals surface area contributed by atoms with Crippen molar-refractivity contribution >= 4 is 22.4 Å². The smallest absolute Gasteiger partial charge is 0.195 e. The summed E-state index contributed by atoms with van der Waals surface area (Å²) < 4.78 is 7.54. The Kier molecular flexibility index (Phi) is 5.24. The summed E-state index contributed by atoms with van der Waals surface area (Å²) in [7, 11) is 2.02. The number of anilines is 1. The van der Waals surface area contributed by atoms with E-state index in [4.69, 9.17) is 4.74 Å². The van der Waals surface area contributed by atoms with Crippen LogP contribution in [0.15, 0.2) is 30.3 Å². The van der Waals surface area contributed by atoms with Gasteiger partial charge in [0.2, 0.25) is 0 Å². The number of rotatable bonds is 2. The third-order valence-electron chi connectivity index (χ3n) is 8.98. The van der Waals surface area contributed by atoms with Gasteiger partial charge in [-0.05, 0) is 42.7 Å². The number of carbonyl (C=O) groups is 1. The summed E-state index contributed by atoms with van der Waals surface area (Å²) in [6.45, 7) is 10.0. The molecule has 0 bridgehead atoms. The van der Waals surface area contributed by atoms with Crippen LogP contribution in [-0.4, -0.2) is 60.7 Å². The molecule has 6 heteroatoms. The Hall–Kier alpha value is -3.58. The number of fused-ring (bicyclic) bond motifs is 4. The molecule has 7 rings (SSSR count). The second-order valence-electron chi connectivity index (χ2n) is 11.8.